The summed E-state index contributed by atoms with van der Waals surface area (Å²) in [5, 5.41) is 2.26. The van der Waals surface area contributed by atoms with Crippen LogP contribution in [0, 0.1) is 0 Å². The van der Waals surface area contributed by atoms with Gasteiger partial charge in [0, 0.05) is 0 Å². The van der Waals surface area contributed by atoms with Crippen LogP contribution in [0.5, 0.6) is 0 Å². The molecule has 0 aliphatic rings. The number of carbonyl (C=O) groups is 1. The van der Waals surface area contributed by atoms with Crippen molar-refractivity contribution in [2.24, 2.45) is 0 Å². The predicted molar refractivity (Wildman–Crippen MR) is 148 cm³/mol. The molecular weight excluding hydrogens is 451 g/mol. The summed E-state index contributed by atoms with van der Waals surface area (Å²) in [6.07, 6.45) is 12.8. The Balaban J connectivity index is 4.48. The Hall–Kier alpha value is -0.770. The quantitative estimate of drug-likeness (QED) is 0.123. The van der Waals surface area contributed by atoms with Crippen molar-refractivity contribution in [3.05, 3.63) is 34.9 Å². The van der Waals surface area contributed by atoms with Gasteiger partial charge in [0.2, 0.25) is 5.91 Å². The molecule has 0 rings (SSSR count). The Morgan fingerprint density at radius 3 is 1.88 bits per heavy atom. The first-order valence-corrected chi connectivity index (χ1v) is 13.6. The zero-order chi connectivity index (χ0) is 25.5. The fraction of sp³-hybridized carbons (Fsp3) is 0.750. The second kappa shape index (κ2) is 16.8. The van der Waals surface area contributed by atoms with E-state index in [9.17, 15) is 4.79 Å². The summed E-state index contributed by atoms with van der Waals surface area (Å²) in [5.41, 5.74) is 4.20. The van der Waals surface area contributed by atoms with Crippen LogP contribution in [0.1, 0.15) is 93.9 Å². The maximum Gasteiger partial charge on any atom is 0.240 e. The number of rotatable bonds is 17. The molecule has 0 aromatic carbocycles. The second-order valence-corrected chi connectivity index (χ2v) is 11.2. The van der Waals surface area contributed by atoms with Gasteiger partial charge in [0.25, 0.3) is 0 Å². The molecule has 33 heavy (non-hydrogen) atoms. The van der Waals surface area contributed by atoms with Crippen LogP contribution in [0.25, 0.3) is 0 Å². The molecule has 5 heteroatoms. The van der Waals surface area contributed by atoms with Gasteiger partial charge in [-0.1, -0.05) is 34.9 Å². The van der Waals surface area contributed by atoms with Crippen molar-refractivity contribution < 1.29 is 9.28 Å². The van der Waals surface area contributed by atoms with Gasteiger partial charge in [-0.15, -0.1) is 23.2 Å². The van der Waals surface area contributed by atoms with Gasteiger partial charge in [0.1, 0.15) is 5.38 Å². The average Bonchev–Trinajstić information content (AvgIpc) is 2.76. The molecule has 192 valence electrons. The van der Waals surface area contributed by atoms with Crippen LogP contribution in [0.2, 0.25) is 0 Å². The Morgan fingerprint density at radius 2 is 1.39 bits per heavy atom. The van der Waals surface area contributed by atoms with Gasteiger partial charge in [-0.05, 0) is 93.9 Å². The van der Waals surface area contributed by atoms with Gasteiger partial charge in [-0.2, -0.15) is 0 Å². The van der Waals surface area contributed by atoms with E-state index in [-0.39, 0.29) is 5.91 Å². The number of likely N-dealkylation sites (N-methyl/N-ethyl adjacent to an activating group) is 1. The lowest BCUT2D eigenvalue weighted by atomic mass is 9.98. The van der Waals surface area contributed by atoms with E-state index in [1.807, 2.05) is 6.92 Å². The number of hydrogen-bond acceptors (Lipinski definition) is 1. The fourth-order valence-electron chi connectivity index (χ4n) is 3.99. The molecule has 0 aromatic rings. The summed E-state index contributed by atoms with van der Waals surface area (Å²) in [6, 6.07) is 0. The Morgan fingerprint density at radius 1 is 0.909 bits per heavy atom. The number of halogens is 2. The molecule has 0 bridgehead atoms. The van der Waals surface area contributed by atoms with E-state index >= 15 is 0 Å². The molecule has 0 aromatic heterocycles. The molecule has 0 heterocycles. The van der Waals surface area contributed by atoms with Crippen molar-refractivity contribution in [3.8, 4) is 0 Å². The van der Waals surface area contributed by atoms with Crippen LogP contribution in [-0.2, 0) is 4.79 Å². The molecule has 3 nitrogen and oxygen atoms in total. The molecule has 0 radical (unpaired) electrons. The molecule has 0 fully saturated rings. The molecule has 0 aliphatic heterocycles. The summed E-state index contributed by atoms with van der Waals surface area (Å²) in [6.45, 7) is 21.9. The number of quaternary nitrogens is 1. The highest BCUT2D eigenvalue weighted by molar-refractivity contribution is 6.39. The third kappa shape index (κ3) is 13.6. The van der Waals surface area contributed by atoms with Gasteiger partial charge in [0.15, 0.2) is 0 Å². The number of alkyl halides is 2. The third-order valence-electron chi connectivity index (χ3n) is 6.91. The molecule has 1 N–H and O–H groups in total. The summed E-state index contributed by atoms with van der Waals surface area (Å²) in [5.74, 6) is -0.162. The van der Waals surface area contributed by atoms with E-state index in [1.54, 1.807) is 0 Å². The molecule has 0 saturated carbocycles. The van der Waals surface area contributed by atoms with Crippen LogP contribution in [0.15, 0.2) is 34.9 Å². The number of allylic oxidation sites excluding steroid dienone is 6. The first-order chi connectivity index (χ1) is 15.4. The van der Waals surface area contributed by atoms with Crippen molar-refractivity contribution in [1.82, 2.24) is 5.32 Å². The number of nitrogens with zero attached hydrogens (tertiary/aromatic N) is 1. The molecule has 0 spiro atoms. The number of hydrogen-bond donors (Lipinski definition) is 1. The topological polar surface area (TPSA) is 29.1 Å². The van der Waals surface area contributed by atoms with Crippen molar-refractivity contribution in [3.63, 3.8) is 0 Å². The van der Waals surface area contributed by atoms with Gasteiger partial charge >= 0.3 is 0 Å². The van der Waals surface area contributed by atoms with Crippen LogP contribution < -0.4 is 5.32 Å². The van der Waals surface area contributed by atoms with E-state index in [0.717, 1.165) is 62.8 Å². The molecule has 1 amide bonds. The Bertz CT molecular complexity index is 649. The zero-order valence-electron chi connectivity index (χ0n) is 22.7. The molecule has 0 saturated heterocycles. The highest BCUT2D eigenvalue weighted by atomic mass is 35.5. The lowest BCUT2D eigenvalue weighted by Crippen LogP contribution is -2.52. The van der Waals surface area contributed by atoms with E-state index in [1.165, 1.54) is 16.7 Å². The van der Waals surface area contributed by atoms with Crippen molar-refractivity contribution >= 4 is 29.1 Å². The first-order valence-electron chi connectivity index (χ1n) is 12.8. The van der Waals surface area contributed by atoms with Gasteiger partial charge in [0.05, 0.1) is 37.6 Å². The first kappa shape index (κ1) is 32.2. The maximum atomic E-state index is 12.6. The highest BCUT2D eigenvalue weighted by Gasteiger charge is 2.35. The minimum absolute atomic E-state index is 0.162. The lowest BCUT2D eigenvalue weighted by Gasteiger charge is -2.36. The van der Waals surface area contributed by atoms with Crippen molar-refractivity contribution in [2.45, 2.75) is 104 Å². The maximum absolute atomic E-state index is 12.6. The summed E-state index contributed by atoms with van der Waals surface area (Å²) in [4.78, 5) is 11.8. The fourth-order valence-corrected chi connectivity index (χ4v) is 4.39. The molecule has 2 atom stereocenters. The third-order valence-corrected chi connectivity index (χ3v) is 8.10. The number of nitrogens with one attached hydrogen (secondary N) is 1. The second-order valence-electron chi connectivity index (χ2n) is 9.94. The largest absolute Gasteiger partial charge is 0.349 e. The van der Waals surface area contributed by atoms with E-state index in [4.69, 9.17) is 23.2 Å². The lowest BCUT2D eigenvalue weighted by molar-refractivity contribution is -0.922. The minimum atomic E-state index is -0.768. The highest BCUT2D eigenvalue weighted by Crippen LogP contribution is 2.30. The van der Waals surface area contributed by atoms with Crippen LogP contribution in [-0.4, -0.2) is 53.4 Å². The summed E-state index contributed by atoms with van der Waals surface area (Å²) < 4.78 is 1.000. The standard InChI is InChI=1S/C28H50Cl2N2O/c1-9-32(10-2,11-3)22-21-31-27(33)26(29)28(8,30)20-14-19-25(7)18-13-17-24(6)16-12-15-23(4)5/h15,17,19,26H,9-14,16,18,20-22H2,1-8H3/p+1. The number of amides is 1. The normalized spacial score (nSPS) is 15.7. The van der Waals surface area contributed by atoms with Crippen LogP contribution in [0.3, 0.4) is 0 Å². The molecule has 0 aliphatic carbocycles. The van der Waals surface area contributed by atoms with Crippen LogP contribution in [0.4, 0.5) is 0 Å². The number of carbonyl (C=O) groups excluding carboxylic acids is 1. The van der Waals surface area contributed by atoms with E-state index in [0.29, 0.717) is 13.0 Å². The van der Waals surface area contributed by atoms with Crippen LogP contribution >= 0.6 is 23.2 Å². The van der Waals surface area contributed by atoms with Gasteiger partial charge in [-0.25, -0.2) is 0 Å². The Kier molecular flexibility index (Phi) is 16.4. The van der Waals surface area contributed by atoms with Crippen molar-refractivity contribution in [1.29, 1.82) is 0 Å². The summed E-state index contributed by atoms with van der Waals surface area (Å²) in [7, 11) is 0. The molecule has 2 unspecified atom stereocenters. The predicted octanol–water partition coefficient (Wildman–Crippen LogP) is 7.78. The smallest absolute Gasteiger partial charge is 0.240 e. The average molecular weight is 503 g/mol. The SMILES string of the molecule is CC[N+](CC)(CC)CCNC(=O)C(Cl)C(C)(Cl)CCC=C(C)CCC=C(C)CCC=C(C)C. The van der Waals surface area contributed by atoms with E-state index < -0.39 is 10.3 Å². The monoisotopic (exact) mass is 501 g/mol. The Labute approximate surface area is 215 Å². The van der Waals surface area contributed by atoms with Gasteiger partial charge < -0.3 is 9.80 Å². The van der Waals surface area contributed by atoms with E-state index in [2.05, 4.69) is 72.0 Å². The van der Waals surface area contributed by atoms with Crippen molar-refractivity contribution in [2.75, 3.05) is 32.7 Å². The minimum Gasteiger partial charge on any atom is -0.349 e. The summed E-state index contributed by atoms with van der Waals surface area (Å²) >= 11 is 13.2. The zero-order valence-corrected chi connectivity index (χ0v) is 24.2. The molecular formula is C28H51Cl2N2O+. The van der Waals surface area contributed by atoms with Gasteiger partial charge in [-0.3, -0.25) is 4.79 Å².